The van der Waals surface area contributed by atoms with Gasteiger partial charge in [0.25, 0.3) is 0 Å². The van der Waals surface area contributed by atoms with Crippen LogP contribution < -0.4 is 5.32 Å². The largest absolute Gasteiger partial charge is 0.321 e. The summed E-state index contributed by atoms with van der Waals surface area (Å²) < 4.78 is 0. The molecule has 1 aromatic rings. The normalized spacial score (nSPS) is 34.3. The fourth-order valence-corrected chi connectivity index (χ4v) is 3.60. The molecule has 0 spiro atoms. The van der Waals surface area contributed by atoms with E-state index in [0.717, 1.165) is 12.5 Å². The molecule has 1 saturated carbocycles. The molecular weight excluding hydrogens is 256 g/mol. The molecule has 2 heterocycles. The first-order valence-electron chi connectivity index (χ1n) is 7.16. The van der Waals surface area contributed by atoms with Crippen molar-refractivity contribution in [3.05, 3.63) is 22.4 Å². The second-order valence-electron chi connectivity index (χ2n) is 6.31. The van der Waals surface area contributed by atoms with Crippen molar-refractivity contribution in [3.8, 4) is 0 Å². The van der Waals surface area contributed by atoms with Crippen molar-refractivity contribution in [3.63, 3.8) is 0 Å². The Kier molecular flexibility index (Phi) is 3.39. The van der Waals surface area contributed by atoms with Gasteiger partial charge < -0.3 is 4.90 Å². The van der Waals surface area contributed by atoms with Crippen molar-refractivity contribution in [2.24, 2.45) is 17.8 Å². The summed E-state index contributed by atoms with van der Waals surface area (Å²) >= 11 is 1.70. The molecule has 104 valence electrons. The van der Waals surface area contributed by atoms with Crippen LogP contribution in [0.1, 0.15) is 38.9 Å². The first-order chi connectivity index (χ1) is 9.08. The Morgan fingerprint density at radius 3 is 2.79 bits per heavy atom. The van der Waals surface area contributed by atoms with E-state index in [1.165, 1.54) is 12.0 Å². The molecule has 3 rings (SSSR count). The van der Waals surface area contributed by atoms with Crippen LogP contribution in [0.15, 0.2) is 16.8 Å². The van der Waals surface area contributed by atoms with E-state index < -0.39 is 0 Å². The smallest absolute Gasteiger partial charge is 0.241 e. The van der Waals surface area contributed by atoms with Gasteiger partial charge in [0, 0.05) is 6.54 Å². The Morgan fingerprint density at radius 2 is 2.26 bits per heavy atom. The fourth-order valence-electron chi connectivity index (χ4n) is 2.92. The van der Waals surface area contributed by atoms with Crippen molar-refractivity contribution < 1.29 is 4.79 Å². The molecule has 1 aliphatic heterocycles. The number of carbonyl (C=O) groups excluding carboxylic acids is 1. The van der Waals surface area contributed by atoms with Crippen LogP contribution >= 0.6 is 11.3 Å². The molecule has 3 nitrogen and oxygen atoms in total. The molecule has 0 aromatic carbocycles. The zero-order chi connectivity index (χ0) is 13.6. The molecule has 0 bridgehead atoms. The van der Waals surface area contributed by atoms with Crippen molar-refractivity contribution in [1.29, 1.82) is 0 Å². The van der Waals surface area contributed by atoms with Gasteiger partial charge in [0.15, 0.2) is 0 Å². The number of amides is 1. The Hall–Kier alpha value is -0.870. The Balaban J connectivity index is 1.81. The zero-order valence-electron chi connectivity index (χ0n) is 11.8. The van der Waals surface area contributed by atoms with Gasteiger partial charge in [-0.1, -0.05) is 20.8 Å². The van der Waals surface area contributed by atoms with Crippen LogP contribution in [-0.2, 0) is 4.79 Å². The van der Waals surface area contributed by atoms with Crippen LogP contribution in [0.2, 0.25) is 0 Å². The van der Waals surface area contributed by atoms with Gasteiger partial charge in [-0.25, -0.2) is 0 Å². The van der Waals surface area contributed by atoms with Crippen molar-refractivity contribution in [2.75, 3.05) is 6.54 Å². The molecule has 1 aromatic heterocycles. The second-order valence-corrected chi connectivity index (χ2v) is 7.09. The van der Waals surface area contributed by atoms with Crippen LogP contribution in [0.3, 0.4) is 0 Å². The van der Waals surface area contributed by atoms with Crippen molar-refractivity contribution in [2.45, 2.75) is 39.4 Å². The standard InChI is InChI=1S/C15H22N2OS/c1-9(2)13-15(18)17(7-12-6-10(12)3)14(16-13)11-4-5-19-8-11/h4-5,8-10,12-14,16H,6-7H2,1-3H3. The van der Waals surface area contributed by atoms with Crippen LogP contribution in [0.5, 0.6) is 0 Å². The summed E-state index contributed by atoms with van der Waals surface area (Å²) in [6.07, 6.45) is 1.35. The molecular formula is C15H22N2OS. The van der Waals surface area contributed by atoms with Gasteiger partial charge in [0.2, 0.25) is 5.91 Å². The Bertz CT molecular complexity index is 457. The third-order valence-electron chi connectivity index (χ3n) is 4.43. The summed E-state index contributed by atoms with van der Waals surface area (Å²) in [6.45, 7) is 7.42. The molecule has 0 radical (unpaired) electrons. The lowest BCUT2D eigenvalue weighted by atomic mass is 10.1. The lowest BCUT2D eigenvalue weighted by Gasteiger charge is -2.23. The average molecular weight is 278 g/mol. The van der Waals surface area contributed by atoms with E-state index in [9.17, 15) is 4.79 Å². The minimum Gasteiger partial charge on any atom is -0.321 e. The minimum absolute atomic E-state index is 0.0287. The lowest BCUT2D eigenvalue weighted by molar-refractivity contribution is -0.131. The Labute approximate surface area is 119 Å². The van der Waals surface area contributed by atoms with Crippen LogP contribution in [-0.4, -0.2) is 23.4 Å². The van der Waals surface area contributed by atoms with E-state index in [0.29, 0.717) is 11.8 Å². The topological polar surface area (TPSA) is 32.3 Å². The van der Waals surface area contributed by atoms with Gasteiger partial charge in [0.1, 0.15) is 6.17 Å². The lowest BCUT2D eigenvalue weighted by Crippen LogP contribution is -2.35. The van der Waals surface area contributed by atoms with Gasteiger partial charge >= 0.3 is 0 Å². The fraction of sp³-hybridized carbons (Fsp3) is 0.667. The first-order valence-corrected chi connectivity index (χ1v) is 8.11. The molecule has 1 saturated heterocycles. The summed E-state index contributed by atoms with van der Waals surface area (Å²) in [4.78, 5) is 14.7. The quantitative estimate of drug-likeness (QED) is 0.918. The predicted octanol–water partition coefficient (Wildman–Crippen LogP) is 2.86. The number of nitrogens with one attached hydrogen (secondary N) is 1. The summed E-state index contributed by atoms with van der Waals surface area (Å²) in [5.74, 6) is 2.12. The maximum Gasteiger partial charge on any atom is 0.241 e. The maximum absolute atomic E-state index is 12.6. The van der Waals surface area contributed by atoms with Gasteiger partial charge in [-0.05, 0) is 46.6 Å². The maximum atomic E-state index is 12.6. The molecule has 2 fully saturated rings. The van der Waals surface area contributed by atoms with Gasteiger partial charge in [0.05, 0.1) is 6.04 Å². The van der Waals surface area contributed by atoms with Gasteiger partial charge in [-0.2, -0.15) is 11.3 Å². The molecule has 4 atom stereocenters. The molecule has 19 heavy (non-hydrogen) atoms. The minimum atomic E-state index is -0.0287. The molecule has 1 N–H and O–H groups in total. The zero-order valence-corrected chi connectivity index (χ0v) is 12.6. The van der Waals surface area contributed by atoms with Crippen LogP contribution in [0, 0.1) is 17.8 Å². The number of hydrogen-bond acceptors (Lipinski definition) is 3. The number of nitrogens with zero attached hydrogens (tertiary/aromatic N) is 1. The Morgan fingerprint density at radius 1 is 1.53 bits per heavy atom. The summed E-state index contributed by atoms with van der Waals surface area (Å²) in [5.41, 5.74) is 1.23. The van der Waals surface area contributed by atoms with Crippen molar-refractivity contribution in [1.82, 2.24) is 10.2 Å². The predicted molar refractivity (Wildman–Crippen MR) is 77.8 cm³/mol. The van der Waals surface area contributed by atoms with Crippen LogP contribution in [0.25, 0.3) is 0 Å². The van der Waals surface area contributed by atoms with Gasteiger partial charge in [-0.15, -0.1) is 0 Å². The number of hydrogen-bond donors (Lipinski definition) is 1. The third-order valence-corrected chi connectivity index (χ3v) is 5.13. The number of thiophene rings is 1. The highest BCUT2D eigenvalue weighted by molar-refractivity contribution is 7.07. The molecule has 4 heteroatoms. The molecule has 1 aliphatic carbocycles. The summed E-state index contributed by atoms with van der Waals surface area (Å²) in [7, 11) is 0. The van der Waals surface area contributed by atoms with E-state index >= 15 is 0 Å². The molecule has 4 unspecified atom stereocenters. The van der Waals surface area contributed by atoms with E-state index in [4.69, 9.17) is 0 Å². The molecule has 2 aliphatic rings. The summed E-state index contributed by atoms with van der Waals surface area (Å²) in [6, 6.07) is 2.10. The van der Waals surface area contributed by atoms with E-state index in [1.54, 1.807) is 11.3 Å². The third kappa shape index (κ3) is 2.43. The average Bonchev–Trinajstić information content (AvgIpc) is 2.81. The summed E-state index contributed by atoms with van der Waals surface area (Å²) in [5, 5.41) is 7.76. The molecule has 1 amide bonds. The monoisotopic (exact) mass is 278 g/mol. The van der Waals surface area contributed by atoms with E-state index in [1.807, 2.05) is 0 Å². The highest BCUT2D eigenvalue weighted by Gasteiger charge is 2.44. The number of rotatable bonds is 4. The van der Waals surface area contributed by atoms with Crippen molar-refractivity contribution >= 4 is 17.2 Å². The van der Waals surface area contributed by atoms with E-state index in [2.05, 4.69) is 47.8 Å². The highest BCUT2D eigenvalue weighted by Crippen LogP contribution is 2.41. The second kappa shape index (κ2) is 4.91. The number of carbonyl (C=O) groups is 1. The highest BCUT2D eigenvalue weighted by atomic mass is 32.1. The SMILES string of the molecule is CC(C)C1NC(c2ccsc2)N(CC2CC2C)C1=O. The van der Waals surface area contributed by atoms with Gasteiger partial charge in [-0.3, -0.25) is 10.1 Å². The van der Waals surface area contributed by atoms with Crippen LogP contribution in [0.4, 0.5) is 0 Å². The first kappa shape index (κ1) is 13.1. The van der Waals surface area contributed by atoms with E-state index in [-0.39, 0.29) is 18.1 Å².